The summed E-state index contributed by atoms with van der Waals surface area (Å²) in [5.74, 6) is -0.622. The van der Waals surface area contributed by atoms with E-state index in [9.17, 15) is 14.4 Å². The largest absolute Gasteiger partial charge is 0.353 e. The molecule has 1 fully saturated rings. The summed E-state index contributed by atoms with van der Waals surface area (Å²) in [5, 5.41) is 6.42. The van der Waals surface area contributed by atoms with Gasteiger partial charge >= 0.3 is 0 Å². The van der Waals surface area contributed by atoms with Gasteiger partial charge in [0.25, 0.3) is 5.91 Å². The zero-order valence-electron chi connectivity index (χ0n) is 9.52. The van der Waals surface area contributed by atoms with E-state index in [1.54, 1.807) is 6.92 Å². The molecule has 2 rings (SSSR count). The van der Waals surface area contributed by atoms with E-state index in [0.29, 0.717) is 25.2 Å². The number of amides is 3. The van der Waals surface area contributed by atoms with E-state index in [0.717, 1.165) is 0 Å². The third kappa shape index (κ3) is 2.27. The Balaban J connectivity index is 2.09. The van der Waals surface area contributed by atoms with Gasteiger partial charge < -0.3 is 10.2 Å². The molecule has 0 aliphatic carbocycles. The lowest BCUT2D eigenvalue weighted by Gasteiger charge is -2.33. The van der Waals surface area contributed by atoms with Crippen molar-refractivity contribution in [1.82, 2.24) is 15.6 Å². The molecule has 0 radical (unpaired) electrons. The molecular formula is C10H14N4O3. The first-order valence-electron chi connectivity index (χ1n) is 5.53. The Hall–Kier alpha value is -1.92. The van der Waals surface area contributed by atoms with Crippen LogP contribution in [0.3, 0.4) is 0 Å². The Kier molecular flexibility index (Phi) is 3.08. The van der Waals surface area contributed by atoms with Gasteiger partial charge in [0.1, 0.15) is 11.8 Å². The molecule has 92 valence electrons. The molecule has 1 unspecified atom stereocenters. The third-order valence-electron chi connectivity index (χ3n) is 2.91. The number of hydrogen-bond acceptors (Lipinski definition) is 4. The monoisotopic (exact) mass is 238 g/mol. The van der Waals surface area contributed by atoms with Gasteiger partial charge in [-0.2, -0.15) is 5.10 Å². The maximum Gasteiger partial charge on any atom is 0.270 e. The molecule has 0 aromatic carbocycles. The number of nitrogens with one attached hydrogen (secondary N) is 2. The highest BCUT2D eigenvalue weighted by atomic mass is 16.2. The second kappa shape index (κ2) is 4.52. The SMILES string of the molecule is CC1C(=O)NCCN1C(=O)C1=NNC(=O)CC1. The molecule has 3 amide bonds. The van der Waals surface area contributed by atoms with Crippen molar-refractivity contribution in [3.05, 3.63) is 0 Å². The summed E-state index contributed by atoms with van der Waals surface area (Å²) >= 11 is 0. The summed E-state index contributed by atoms with van der Waals surface area (Å²) in [6.07, 6.45) is 0.592. The minimum absolute atomic E-state index is 0.162. The van der Waals surface area contributed by atoms with Crippen LogP contribution in [0.2, 0.25) is 0 Å². The topological polar surface area (TPSA) is 90.9 Å². The van der Waals surface area contributed by atoms with Gasteiger partial charge in [0.15, 0.2) is 0 Å². The van der Waals surface area contributed by atoms with E-state index in [-0.39, 0.29) is 24.1 Å². The van der Waals surface area contributed by atoms with E-state index in [1.807, 2.05) is 0 Å². The zero-order valence-corrected chi connectivity index (χ0v) is 9.52. The lowest BCUT2D eigenvalue weighted by atomic mass is 10.1. The quantitative estimate of drug-likeness (QED) is 0.588. The highest BCUT2D eigenvalue weighted by Gasteiger charge is 2.32. The second-order valence-corrected chi connectivity index (χ2v) is 4.06. The highest BCUT2D eigenvalue weighted by molar-refractivity contribution is 6.39. The number of carbonyl (C=O) groups is 3. The minimum Gasteiger partial charge on any atom is -0.353 e. The van der Waals surface area contributed by atoms with Crippen LogP contribution in [0.5, 0.6) is 0 Å². The molecule has 2 aliphatic heterocycles. The first-order chi connectivity index (χ1) is 8.09. The molecule has 1 saturated heterocycles. The Bertz CT molecular complexity index is 404. The Morgan fingerprint density at radius 2 is 2.18 bits per heavy atom. The van der Waals surface area contributed by atoms with Crippen molar-refractivity contribution in [1.29, 1.82) is 0 Å². The smallest absolute Gasteiger partial charge is 0.270 e. The average Bonchev–Trinajstić information content (AvgIpc) is 2.33. The number of carbonyl (C=O) groups excluding carboxylic acids is 3. The van der Waals surface area contributed by atoms with Crippen LogP contribution in [-0.2, 0) is 14.4 Å². The molecule has 2 aliphatic rings. The predicted octanol–water partition coefficient (Wildman–Crippen LogP) is -1.40. The van der Waals surface area contributed by atoms with Crippen molar-refractivity contribution in [2.45, 2.75) is 25.8 Å². The van der Waals surface area contributed by atoms with Gasteiger partial charge in [-0.25, -0.2) is 5.43 Å². The van der Waals surface area contributed by atoms with E-state index >= 15 is 0 Å². The van der Waals surface area contributed by atoms with Crippen LogP contribution in [0.4, 0.5) is 0 Å². The standard InChI is InChI=1S/C10H14N4O3/c1-6-9(16)11-4-5-14(6)10(17)7-2-3-8(15)13-12-7/h6H,2-5H2,1H3,(H,11,16)(H,13,15). The van der Waals surface area contributed by atoms with Gasteiger partial charge in [-0.1, -0.05) is 0 Å². The molecular weight excluding hydrogens is 224 g/mol. The molecule has 0 bridgehead atoms. The van der Waals surface area contributed by atoms with Crippen LogP contribution >= 0.6 is 0 Å². The molecule has 2 heterocycles. The van der Waals surface area contributed by atoms with Crippen molar-refractivity contribution in [2.75, 3.05) is 13.1 Å². The van der Waals surface area contributed by atoms with Crippen LogP contribution < -0.4 is 10.7 Å². The molecule has 1 atom stereocenters. The Morgan fingerprint density at radius 3 is 2.82 bits per heavy atom. The number of nitrogens with zero attached hydrogens (tertiary/aromatic N) is 2. The van der Waals surface area contributed by atoms with Gasteiger partial charge in [0, 0.05) is 25.9 Å². The first-order valence-corrected chi connectivity index (χ1v) is 5.53. The molecule has 7 heteroatoms. The lowest BCUT2D eigenvalue weighted by Crippen LogP contribution is -2.57. The highest BCUT2D eigenvalue weighted by Crippen LogP contribution is 2.09. The van der Waals surface area contributed by atoms with Crippen molar-refractivity contribution in [3.8, 4) is 0 Å². The number of rotatable bonds is 1. The summed E-state index contributed by atoms with van der Waals surface area (Å²) in [6.45, 7) is 2.60. The number of piperazine rings is 1. The van der Waals surface area contributed by atoms with Crippen molar-refractivity contribution >= 4 is 23.4 Å². The van der Waals surface area contributed by atoms with Crippen LogP contribution in [-0.4, -0.2) is 47.5 Å². The van der Waals surface area contributed by atoms with Crippen molar-refractivity contribution in [3.63, 3.8) is 0 Å². The third-order valence-corrected chi connectivity index (χ3v) is 2.91. The molecule has 0 aromatic heterocycles. The normalized spacial score (nSPS) is 24.9. The fraction of sp³-hybridized carbons (Fsp3) is 0.600. The van der Waals surface area contributed by atoms with Gasteiger partial charge in [-0.05, 0) is 6.92 Å². The van der Waals surface area contributed by atoms with Crippen LogP contribution in [0.15, 0.2) is 5.10 Å². The van der Waals surface area contributed by atoms with Crippen molar-refractivity contribution in [2.24, 2.45) is 5.10 Å². The maximum atomic E-state index is 12.1. The van der Waals surface area contributed by atoms with Gasteiger partial charge in [0.05, 0.1) is 0 Å². The van der Waals surface area contributed by atoms with E-state index < -0.39 is 6.04 Å². The fourth-order valence-electron chi connectivity index (χ4n) is 1.85. The first kappa shape index (κ1) is 11.6. The molecule has 0 saturated carbocycles. The predicted molar refractivity (Wildman–Crippen MR) is 59.0 cm³/mol. The maximum absolute atomic E-state index is 12.1. The average molecular weight is 238 g/mol. The minimum atomic E-state index is -0.489. The van der Waals surface area contributed by atoms with Crippen LogP contribution in [0.1, 0.15) is 19.8 Å². The van der Waals surface area contributed by atoms with Gasteiger partial charge in [-0.15, -0.1) is 0 Å². The van der Waals surface area contributed by atoms with Gasteiger partial charge in [0.2, 0.25) is 11.8 Å². The van der Waals surface area contributed by atoms with E-state index in [1.165, 1.54) is 4.90 Å². The Labute approximate surface area is 98.2 Å². The van der Waals surface area contributed by atoms with Gasteiger partial charge in [-0.3, -0.25) is 14.4 Å². The van der Waals surface area contributed by atoms with Crippen LogP contribution in [0.25, 0.3) is 0 Å². The molecule has 0 aromatic rings. The van der Waals surface area contributed by atoms with E-state index in [2.05, 4.69) is 15.8 Å². The molecule has 0 spiro atoms. The zero-order chi connectivity index (χ0) is 12.4. The summed E-state index contributed by atoms with van der Waals surface area (Å²) in [6, 6.07) is -0.489. The molecule has 17 heavy (non-hydrogen) atoms. The van der Waals surface area contributed by atoms with Crippen molar-refractivity contribution < 1.29 is 14.4 Å². The second-order valence-electron chi connectivity index (χ2n) is 4.06. The molecule has 7 nitrogen and oxygen atoms in total. The summed E-state index contributed by atoms with van der Waals surface area (Å²) in [5.41, 5.74) is 2.59. The van der Waals surface area contributed by atoms with Crippen LogP contribution in [0, 0.1) is 0 Å². The number of hydrazone groups is 1. The summed E-state index contributed by atoms with van der Waals surface area (Å²) < 4.78 is 0. The molecule has 2 N–H and O–H groups in total. The lowest BCUT2D eigenvalue weighted by molar-refractivity contribution is -0.138. The Morgan fingerprint density at radius 1 is 1.41 bits per heavy atom. The number of hydrogen-bond donors (Lipinski definition) is 2. The van der Waals surface area contributed by atoms with E-state index in [4.69, 9.17) is 0 Å². The fourth-order valence-corrected chi connectivity index (χ4v) is 1.85. The summed E-state index contributed by atoms with van der Waals surface area (Å²) in [4.78, 5) is 35.9. The summed E-state index contributed by atoms with van der Waals surface area (Å²) in [7, 11) is 0.